The molecular weight excluding hydrogens is 292 g/mol. The third kappa shape index (κ3) is 3.50. The second-order valence-corrected chi connectivity index (χ2v) is 5.44. The van der Waals surface area contributed by atoms with Gasteiger partial charge in [0.25, 0.3) is 5.91 Å². The van der Waals surface area contributed by atoms with Crippen molar-refractivity contribution in [3.63, 3.8) is 0 Å². The summed E-state index contributed by atoms with van der Waals surface area (Å²) in [6.07, 6.45) is 1.70. The molecule has 0 saturated carbocycles. The van der Waals surface area contributed by atoms with Crippen molar-refractivity contribution < 1.29 is 14.3 Å². The molecular formula is C18H24N2O3. The first-order chi connectivity index (χ1) is 11.0. The third-order valence-corrected chi connectivity index (χ3v) is 4.15. The van der Waals surface area contributed by atoms with E-state index >= 15 is 0 Å². The van der Waals surface area contributed by atoms with Crippen molar-refractivity contribution in [3.05, 3.63) is 46.8 Å². The van der Waals surface area contributed by atoms with Crippen molar-refractivity contribution >= 4 is 5.91 Å². The topological polar surface area (TPSA) is 66.5 Å². The lowest BCUT2D eigenvalue weighted by Crippen LogP contribution is -2.13. The molecule has 1 amide bonds. The van der Waals surface area contributed by atoms with Crippen molar-refractivity contribution in [3.8, 4) is 11.5 Å². The number of carbonyl (C=O) groups is 1. The molecule has 2 N–H and O–H groups in total. The molecule has 0 unspecified atom stereocenters. The van der Waals surface area contributed by atoms with Gasteiger partial charge in [-0.2, -0.15) is 0 Å². The molecule has 124 valence electrons. The summed E-state index contributed by atoms with van der Waals surface area (Å²) >= 11 is 0. The fraction of sp³-hybridized carbons (Fsp3) is 0.389. The second-order valence-electron chi connectivity index (χ2n) is 5.44. The van der Waals surface area contributed by atoms with Gasteiger partial charge in [0.1, 0.15) is 0 Å². The zero-order valence-corrected chi connectivity index (χ0v) is 14.2. The van der Waals surface area contributed by atoms with E-state index in [1.165, 1.54) is 0 Å². The van der Waals surface area contributed by atoms with Crippen LogP contribution in [0.5, 0.6) is 11.5 Å². The summed E-state index contributed by atoms with van der Waals surface area (Å²) in [4.78, 5) is 11.5. The van der Waals surface area contributed by atoms with E-state index in [0.717, 1.165) is 47.8 Å². The number of primary amides is 1. The molecule has 0 fully saturated rings. The molecule has 5 heteroatoms. The molecule has 0 spiro atoms. The summed E-state index contributed by atoms with van der Waals surface area (Å²) in [5.41, 5.74) is 9.25. The van der Waals surface area contributed by atoms with E-state index in [1.807, 2.05) is 31.2 Å². The second kappa shape index (κ2) is 7.22. The molecule has 0 aliphatic carbocycles. The molecule has 0 saturated heterocycles. The first-order valence-electron chi connectivity index (χ1n) is 7.71. The highest BCUT2D eigenvalue weighted by Gasteiger charge is 2.14. The van der Waals surface area contributed by atoms with Crippen LogP contribution in [0, 0.1) is 6.92 Å². The number of methoxy groups -OCH3 is 2. The van der Waals surface area contributed by atoms with Gasteiger partial charge in [0.2, 0.25) is 0 Å². The number of hydrogen-bond donors (Lipinski definition) is 1. The van der Waals surface area contributed by atoms with Crippen LogP contribution in [0.25, 0.3) is 0 Å². The van der Waals surface area contributed by atoms with Gasteiger partial charge in [-0.25, -0.2) is 0 Å². The van der Waals surface area contributed by atoms with Gasteiger partial charge in [-0.05, 0) is 43.5 Å². The van der Waals surface area contributed by atoms with Gasteiger partial charge >= 0.3 is 0 Å². The highest BCUT2D eigenvalue weighted by atomic mass is 16.5. The predicted octanol–water partition coefficient (Wildman–Crippen LogP) is 2.72. The Bertz CT molecular complexity index is 705. The van der Waals surface area contributed by atoms with Gasteiger partial charge in [0.05, 0.1) is 19.8 Å². The van der Waals surface area contributed by atoms with Crippen molar-refractivity contribution in [1.82, 2.24) is 4.57 Å². The van der Waals surface area contributed by atoms with Gasteiger partial charge in [0.15, 0.2) is 11.5 Å². The van der Waals surface area contributed by atoms with Crippen molar-refractivity contribution in [2.45, 2.75) is 33.2 Å². The molecule has 0 bridgehead atoms. The van der Waals surface area contributed by atoms with E-state index in [-0.39, 0.29) is 5.91 Å². The minimum absolute atomic E-state index is 0.373. The number of benzene rings is 1. The lowest BCUT2D eigenvalue weighted by atomic mass is 10.1. The van der Waals surface area contributed by atoms with Crippen LogP contribution in [-0.4, -0.2) is 24.7 Å². The maximum Gasteiger partial charge on any atom is 0.250 e. The molecule has 0 aliphatic rings. The molecule has 1 aromatic carbocycles. The SMILES string of the molecule is CCc1cc(C(N)=O)c(C)n1CCc1ccc(OC)c(OC)c1. The number of hydrogen-bond acceptors (Lipinski definition) is 3. The fourth-order valence-corrected chi connectivity index (χ4v) is 2.84. The van der Waals surface area contributed by atoms with E-state index in [1.54, 1.807) is 14.2 Å². The maximum atomic E-state index is 11.5. The first-order valence-corrected chi connectivity index (χ1v) is 7.71. The van der Waals surface area contributed by atoms with E-state index in [9.17, 15) is 4.79 Å². The predicted molar refractivity (Wildman–Crippen MR) is 90.3 cm³/mol. The third-order valence-electron chi connectivity index (χ3n) is 4.15. The van der Waals surface area contributed by atoms with Gasteiger partial charge in [-0.15, -0.1) is 0 Å². The molecule has 0 radical (unpaired) electrons. The van der Waals surface area contributed by atoms with Crippen LogP contribution in [0.2, 0.25) is 0 Å². The monoisotopic (exact) mass is 316 g/mol. The molecule has 5 nitrogen and oxygen atoms in total. The molecule has 0 atom stereocenters. The van der Waals surface area contributed by atoms with Crippen molar-refractivity contribution in [2.75, 3.05) is 14.2 Å². The van der Waals surface area contributed by atoms with Crippen LogP contribution in [0.15, 0.2) is 24.3 Å². The van der Waals surface area contributed by atoms with Gasteiger partial charge in [0, 0.05) is 17.9 Å². The van der Waals surface area contributed by atoms with E-state index < -0.39 is 0 Å². The van der Waals surface area contributed by atoms with E-state index in [0.29, 0.717) is 5.56 Å². The number of nitrogens with two attached hydrogens (primary N) is 1. The normalized spacial score (nSPS) is 10.6. The number of amides is 1. The van der Waals surface area contributed by atoms with E-state index in [4.69, 9.17) is 15.2 Å². The lowest BCUT2D eigenvalue weighted by molar-refractivity contribution is 0.0999. The summed E-state index contributed by atoms with van der Waals surface area (Å²) < 4.78 is 12.8. The Balaban J connectivity index is 2.22. The average Bonchev–Trinajstić information content (AvgIpc) is 2.88. The maximum absolute atomic E-state index is 11.5. The molecule has 23 heavy (non-hydrogen) atoms. The Morgan fingerprint density at radius 2 is 1.87 bits per heavy atom. The number of aryl methyl sites for hydroxylation is 2. The standard InChI is InChI=1S/C18H24N2O3/c1-5-14-11-15(18(19)21)12(2)20(14)9-8-13-6-7-16(22-3)17(10-13)23-4/h6-7,10-11H,5,8-9H2,1-4H3,(H2,19,21). The summed E-state index contributed by atoms with van der Waals surface area (Å²) in [7, 11) is 3.26. The average molecular weight is 316 g/mol. The van der Waals surface area contributed by atoms with Crippen LogP contribution >= 0.6 is 0 Å². The molecule has 0 aliphatic heterocycles. The first kappa shape index (κ1) is 16.9. The molecule has 1 aromatic heterocycles. The highest BCUT2D eigenvalue weighted by molar-refractivity contribution is 5.94. The van der Waals surface area contributed by atoms with Crippen LogP contribution < -0.4 is 15.2 Å². The van der Waals surface area contributed by atoms with Gasteiger partial charge < -0.3 is 19.8 Å². The number of ether oxygens (including phenoxy) is 2. The Hall–Kier alpha value is -2.43. The van der Waals surface area contributed by atoms with E-state index in [2.05, 4.69) is 11.5 Å². The van der Waals surface area contributed by atoms with Gasteiger partial charge in [-0.3, -0.25) is 4.79 Å². The molecule has 1 heterocycles. The highest BCUT2D eigenvalue weighted by Crippen LogP contribution is 2.28. The number of aromatic nitrogens is 1. The molecule has 2 aromatic rings. The summed E-state index contributed by atoms with van der Waals surface area (Å²) in [6, 6.07) is 7.82. The quantitative estimate of drug-likeness (QED) is 0.854. The number of rotatable bonds is 7. The minimum Gasteiger partial charge on any atom is -0.493 e. The van der Waals surface area contributed by atoms with Crippen LogP contribution in [0.3, 0.4) is 0 Å². The molecule has 2 rings (SSSR count). The minimum atomic E-state index is -0.373. The van der Waals surface area contributed by atoms with Crippen LogP contribution in [-0.2, 0) is 19.4 Å². The Morgan fingerprint density at radius 1 is 1.17 bits per heavy atom. The fourth-order valence-electron chi connectivity index (χ4n) is 2.84. The lowest BCUT2D eigenvalue weighted by Gasteiger charge is -2.13. The smallest absolute Gasteiger partial charge is 0.250 e. The van der Waals surface area contributed by atoms with Crippen LogP contribution in [0.4, 0.5) is 0 Å². The van der Waals surface area contributed by atoms with Crippen molar-refractivity contribution in [2.24, 2.45) is 5.73 Å². The summed E-state index contributed by atoms with van der Waals surface area (Å²) in [5, 5.41) is 0. The largest absolute Gasteiger partial charge is 0.493 e. The Labute approximate surface area is 137 Å². The summed E-state index contributed by atoms with van der Waals surface area (Å²) in [5.74, 6) is 1.07. The zero-order chi connectivity index (χ0) is 17.0. The Kier molecular flexibility index (Phi) is 5.32. The van der Waals surface area contributed by atoms with Crippen LogP contribution in [0.1, 0.15) is 34.2 Å². The number of carbonyl (C=O) groups excluding carboxylic acids is 1. The number of nitrogens with zero attached hydrogens (tertiary/aromatic N) is 1. The van der Waals surface area contributed by atoms with Gasteiger partial charge in [-0.1, -0.05) is 13.0 Å². The zero-order valence-electron chi connectivity index (χ0n) is 14.2. The Morgan fingerprint density at radius 3 is 2.43 bits per heavy atom. The van der Waals surface area contributed by atoms with Crippen molar-refractivity contribution in [1.29, 1.82) is 0 Å². The summed E-state index contributed by atoms with van der Waals surface area (Å²) in [6.45, 7) is 4.80.